The molecule has 2 aliphatic heterocycles. The molecule has 12 heteroatoms. The van der Waals surface area contributed by atoms with Gasteiger partial charge in [0.25, 0.3) is 23.6 Å². The molecule has 2 heterocycles. The number of nitrogens with zero attached hydrogens (tertiary/aromatic N) is 2. The van der Waals surface area contributed by atoms with Crippen LogP contribution < -0.4 is 0 Å². The number of rotatable bonds is 28. The zero-order valence-electron chi connectivity index (χ0n) is 35.8. The number of benzene rings is 5. The van der Waals surface area contributed by atoms with Gasteiger partial charge in [0.2, 0.25) is 0 Å². The summed E-state index contributed by atoms with van der Waals surface area (Å²) >= 11 is 0. The third-order valence-corrected chi connectivity index (χ3v) is 12.1. The van der Waals surface area contributed by atoms with Crippen molar-refractivity contribution in [1.82, 2.24) is 9.80 Å². The van der Waals surface area contributed by atoms with E-state index in [0.717, 1.165) is 96.5 Å². The number of amides is 4. The van der Waals surface area contributed by atoms with Crippen LogP contribution in [0.5, 0.6) is 0 Å². The topological polar surface area (TPSA) is 141 Å². The van der Waals surface area contributed by atoms with Gasteiger partial charge >= 0.3 is 0 Å². The van der Waals surface area contributed by atoms with Crippen LogP contribution in [0.4, 0.5) is 0 Å². The summed E-state index contributed by atoms with van der Waals surface area (Å²) in [5.41, 5.74) is 2.02. The molecule has 2 aliphatic rings. The number of aliphatic hydroxyl groups excluding tert-OH is 1. The summed E-state index contributed by atoms with van der Waals surface area (Å²) in [7, 11) is 0. The Hall–Kier alpha value is -4.56. The highest BCUT2D eigenvalue weighted by molar-refractivity contribution is 6.41. The molecule has 0 saturated heterocycles. The van der Waals surface area contributed by atoms with Gasteiger partial charge < -0.3 is 28.8 Å². The summed E-state index contributed by atoms with van der Waals surface area (Å²) in [5.74, 6) is -1.18. The fourth-order valence-corrected chi connectivity index (χ4v) is 9.09. The fourth-order valence-electron chi connectivity index (χ4n) is 9.09. The van der Waals surface area contributed by atoms with Gasteiger partial charge in [0.05, 0.1) is 79.2 Å². The molecule has 5 aromatic rings. The van der Waals surface area contributed by atoms with Gasteiger partial charge in [0.1, 0.15) is 0 Å². The third kappa shape index (κ3) is 9.45. The van der Waals surface area contributed by atoms with E-state index in [0.29, 0.717) is 92.5 Å². The summed E-state index contributed by atoms with van der Waals surface area (Å²) in [4.78, 5) is 59.7. The number of carbonyl (C=O) groups is 4. The van der Waals surface area contributed by atoms with Crippen molar-refractivity contribution in [1.29, 1.82) is 0 Å². The Morgan fingerprint density at radius 3 is 1.18 bits per heavy atom. The molecule has 61 heavy (non-hydrogen) atoms. The van der Waals surface area contributed by atoms with Gasteiger partial charge in [-0.25, -0.2) is 0 Å². The zero-order valence-corrected chi connectivity index (χ0v) is 35.8. The summed E-state index contributed by atoms with van der Waals surface area (Å²) in [6, 6.07) is 15.0. The quantitative estimate of drug-likeness (QED) is 0.0226. The molecule has 0 unspecified atom stereocenters. The number of hydrogen-bond acceptors (Lipinski definition) is 10. The minimum Gasteiger partial charge on any atom is -0.394 e. The van der Waals surface area contributed by atoms with Gasteiger partial charge in [0, 0.05) is 39.1 Å². The van der Waals surface area contributed by atoms with Crippen molar-refractivity contribution >= 4 is 66.7 Å². The van der Waals surface area contributed by atoms with Crippen LogP contribution in [0.25, 0.3) is 43.1 Å². The molecule has 4 amide bonds. The average Bonchev–Trinajstić information content (AvgIpc) is 3.27. The molecule has 5 aromatic carbocycles. The zero-order chi connectivity index (χ0) is 42.7. The van der Waals surface area contributed by atoms with Crippen molar-refractivity contribution in [2.24, 2.45) is 0 Å². The Bertz CT molecular complexity index is 2190. The maximum absolute atomic E-state index is 14.5. The third-order valence-electron chi connectivity index (χ3n) is 12.1. The van der Waals surface area contributed by atoms with Gasteiger partial charge in [-0.2, -0.15) is 0 Å². The highest BCUT2D eigenvalue weighted by atomic mass is 16.6. The maximum atomic E-state index is 14.5. The lowest BCUT2D eigenvalue weighted by Crippen LogP contribution is -2.47. The molecule has 0 bridgehead atoms. The lowest BCUT2D eigenvalue weighted by atomic mass is 9.82. The first-order valence-electron chi connectivity index (χ1n) is 22.4. The molecule has 0 atom stereocenters. The molecule has 0 aliphatic carbocycles. The van der Waals surface area contributed by atoms with Crippen molar-refractivity contribution in [3.05, 3.63) is 70.8 Å². The number of carbonyl (C=O) groups excluding carboxylic acids is 4. The van der Waals surface area contributed by atoms with E-state index in [-0.39, 0.29) is 49.4 Å². The molecule has 0 saturated carbocycles. The summed E-state index contributed by atoms with van der Waals surface area (Å²) in [6.07, 6.45) is 10.3. The number of imide groups is 2. The largest absolute Gasteiger partial charge is 0.394 e. The molecular weight excluding hydrogens is 777 g/mol. The van der Waals surface area contributed by atoms with Gasteiger partial charge in [-0.3, -0.25) is 29.0 Å². The fraction of sp³-hybridized carbons (Fsp3) is 0.510. The van der Waals surface area contributed by atoms with E-state index in [1.54, 1.807) is 17.0 Å². The van der Waals surface area contributed by atoms with Crippen molar-refractivity contribution in [2.45, 2.75) is 84.1 Å². The minimum absolute atomic E-state index is 0.00605. The molecule has 7 rings (SSSR count). The van der Waals surface area contributed by atoms with Crippen molar-refractivity contribution in [3.8, 4) is 0 Å². The number of hydrogen-bond donors (Lipinski definition) is 1. The predicted molar refractivity (Wildman–Crippen MR) is 236 cm³/mol. The van der Waals surface area contributed by atoms with E-state index in [2.05, 4.69) is 13.8 Å². The Balaban J connectivity index is 1.03. The van der Waals surface area contributed by atoms with Gasteiger partial charge in [-0.15, -0.1) is 0 Å². The highest BCUT2D eigenvalue weighted by Crippen LogP contribution is 2.46. The summed E-state index contributed by atoms with van der Waals surface area (Å²) in [6.45, 7) is 8.13. The van der Waals surface area contributed by atoms with Crippen LogP contribution in [0.1, 0.15) is 119 Å². The van der Waals surface area contributed by atoms with E-state index < -0.39 is 0 Å². The lowest BCUT2D eigenvalue weighted by Gasteiger charge is -2.35. The first-order chi connectivity index (χ1) is 29.9. The monoisotopic (exact) mass is 836 g/mol. The Morgan fingerprint density at radius 1 is 0.443 bits per heavy atom. The molecule has 12 nitrogen and oxygen atoms in total. The van der Waals surface area contributed by atoms with E-state index >= 15 is 0 Å². The van der Waals surface area contributed by atoms with Gasteiger partial charge in [0.15, 0.2) is 0 Å². The first kappa shape index (κ1) is 44.5. The van der Waals surface area contributed by atoms with Crippen LogP contribution >= 0.6 is 0 Å². The molecule has 0 fully saturated rings. The smallest absolute Gasteiger partial charge is 0.261 e. The minimum atomic E-state index is -0.369. The first-order valence-corrected chi connectivity index (χ1v) is 22.4. The van der Waals surface area contributed by atoms with Crippen LogP contribution in [0.15, 0.2) is 48.5 Å². The van der Waals surface area contributed by atoms with Crippen molar-refractivity contribution < 1.29 is 48.0 Å². The van der Waals surface area contributed by atoms with Gasteiger partial charge in [-0.05, 0) is 69.4 Å². The molecular formula is C49H60N2O10. The Kier molecular flexibility index (Phi) is 15.7. The predicted octanol–water partition coefficient (Wildman–Crippen LogP) is 8.31. The van der Waals surface area contributed by atoms with Gasteiger partial charge in [-0.1, -0.05) is 89.5 Å². The second-order valence-electron chi connectivity index (χ2n) is 16.0. The lowest BCUT2D eigenvalue weighted by molar-refractivity contribution is -0.0139. The van der Waals surface area contributed by atoms with E-state index in [1.807, 2.05) is 36.4 Å². The standard InChI is InChI=1S/C49H60N2O10/c1-3-5-7-9-11-33(12-10-8-6-4-2)51-48(55)40-19-15-36-34-13-17-38-44-39(18-14-35(42(34)44)37-16-20-41(49(51)56)45(40)43(36)37)47(54)50(46(38)53)21-23-57-25-27-59-29-31-61-32-30-60-28-26-58-24-22-52/h13-20,33,52H,3-12,21-32H2,1-2H3. The Labute approximate surface area is 357 Å². The second-order valence-corrected chi connectivity index (χ2v) is 16.0. The van der Waals surface area contributed by atoms with Crippen LogP contribution in [0, 0.1) is 0 Å². The molecule has 0 radical (unpaired) electrons. The van der Waals surface area contributed by atoms with E-state index in [4.69, 9.17) is 28.8 Å². The number of aliphatic hydroxyl groups is 1. The molecule has 326 valence electrons. The average molecular weight is 837 g/mol. The highest BCUT2D eigenvalue weighted by Gasteiger charge is 2.39. The number of fused-ring (bicyclic) bond motifs is 2. The SMILES string of the molecule is CCCCCCC(CCCCCC)N1C(=O)c2ccc3c4ccc5c6c(ccc(c7ccc(c2c37)C1=O)c64)C(=O)N(CCOCCOCCOCCOCCOCCO)C5=O. The number of ether oxygens (including phenoxy) is 5. The van der Waals surface area contributed by atoms with Crippen LogP contribution in [0.2, 0.25) is 0 Å². The maximum Gasteiger partial charge on any atom is 0.261 e. The molecule has 1 N–H and O–H groups in total. The summed E-state index contributed by atoms with van der Waals surface area (Å²) < 4.78 is 27.3. The van der Waals surface area contributed by atoms with E-state index in [1.165, 1.54) is 4.90 Å². The molecule has 0 aromatic heterocycles. The van der Waals surface area contributed by atoms with Crippen molar-refractivity contribution in [3.63, 3.8) is 0 Å². The van der Waals surface area contributed by atoms with Crippen LogP contribution in [0.3, 0.4) is 0 Å². The number of unbranched alkanes of at least 4 members (excludes halogenated alkanes) is 6. The summed E-state index contributed by atoms with van der Waals surface area (Å²) in [5, 5.41) is 15.2. The molecule has 0 spiro atoms. The van der Waals surface area contributed by atoms with E-state index in [9.17, 15) is 19.2 Å². The normalized spacial score (nSPS) is 14.2. The Morgan fingerprint density at radius 2 is 0.803 bits per heavy atom. The van der Waals surface area contributed by atoms with Crippen LogP contribution in [-0.2, 0) is 23.7 Å². The van der Waals surface area contributed by atoms with Crippen molar-refractivity contribution in [2.75, 3.05) is 79.2 Å². The second kappa shape index (κ2) is 21.5. The van der Waals surface area contributed by atoms with Crippen LogP contribution in [-0.4, -0.2) is 124 Å².